The summed E-state index contributed by atoms with van der Waals surface area (Å²) in [4.78, 5) is 19.7. The second-order valence-corrected chi connectivity index (χ2v) is 4.94. The van der Waals surface area contributed by atoms with Gasteiger partial charge in [-0.2, -0.15) is 0 Å². The summed E-state index contributed by atoms with van der Waals surface area (Å²) in [6.07, 6.45) is 3.37. The highest BCUT2D eigenvalue weighted by molar-refractivity contribution is 5.87. The number of nitrogens with zero attached hydrogens (tertiary/aromatic N) is 3. The molecule has 0 saturated carbocycles. The number of aryl methyl sites for hydroxylation is 3. The van der Waals surface area contributed by atoms with Crippen molar-refractivity contribution in [2.75, 3.05) is 0 Å². The molecule has 5 heteroatoms. The minimum absolute atomic E-state index is 0.311. The highest BCUT2D eigenvalue weighted by Crippen LogP contribution is 2.14. The van der Waals surface area contributed by atoms with Crippen LogP contribution in [0.4, 0.5) is 0 Å². The number of hydrogen-bond donors (Lipinski definition) is 1. The number of pyridine rings is 1. The van der Waals surface area contributed by atoms with Crippen LogP contribution in [0.3, 0.4) is 0 Å². The van der Waals surface area contributed by atoms with Crippen LogP contribution in [0.5, 0.6) is 0 Å². The van der Waals surface area contributed by atoms with Crippen LogP contribution in [-0.2, 0) is 19.9 Å². The average Bonchev–Trinajstić information content (AvgIpc) is 2.82. The second-order valence-electron chi connectivity index (χ2n) is 4.94. The van der Waals surface area contributed by atoms with E-state index in [0.29, 0.717) is 5.56 Å². The first-order valence-corrected chi connectivity index (χ1v) is 6.73. The summed E-state index contributed by atoms with van der Waals surface area (Å²) in [7, 11) is 1.96. The van der Waals surface area contributed by atoms with Crippen molar-refractivity contribution in [2.24, 2.45) is 7.05 Å². The zero-order valence-electron chi connectivity index (χ0n) is 11.7. The van der Waals surface area contributed by atoms with Gasteiger partial charge in [0, 0.05) is 19.7 Å². The summed E-state index contributed by atoms with van der Waals surface area (Å²) in [6, 6.07) is 10.8. The van der Waals surface area contributed by atoms with Gasteiger partial charge in [0.05, 0.1) is 5.56 Å². The summed E-state index contributed by atoms with van der Waals surface area (Å²) in [6.45, 7) is 0. The summed E-state index contributed by atoms with van der Waals surface area (Å²) in [5.74, 6) is 0.0778. The highest BCUT2D eigenvalue weighted by atomic mass is 16.4. The predicted octanol–water partition coefficient (Wildman–Crippen LogP) is 2.45. The van der Waals surface area contributed by atoms with Crippen molar-refractivity contribution in [3.05, 3.63) is 59.5 Å². The van der Waals surface area contributed by atoms with Crippen LogP contribution in [-0.4, -0.2) is 25.6 Å². The minimum Gasteiger partial charge on any atom is -0.478 e. The summed E-state index contributed by atoms with van der Waals surface area (Å²) in [5.41, 5.74) is 3.19. The van der Waals surface area contributed by atoms with Crippen molar-refractivity contribution in [3.63, 3.8) is 0 Å². The maximum Gasteiger partial charge on any atom is 0.335 e. The summed E-state index contributed by atoms with van der Waals surface area (Å²) >= 11 is 0. The number of fused-ring (bicyclic) bond motifs is 1. The molecule has 2 heterocycles. The van der Waals surface area contributed by atoms with Gasteiger partial charge in [0.2, 0.25) is 0 Å². The molecule has 3 rings (SSSR count). The van der Waals surface area contributed by atoms with Gasteiger partial charge in [-0.15, -0.1) is 0 Å². The molecule has 1 aromatic carbocycles. The van der Waals surface area contributed by atoms with Gasteiger partial charge in [0.15, 0.2) is 5.65 Å². The van der Waals surface area contributed by atoms with Crippen LogP contribution in [0.1, 0.15) is 21.7 Å². The van der Waals surface area contributed by atoms with Crippen molar-refractivity contribution in [1.82, 2.24) is 14.5 Å². The van der Waals surface area contributed by atoms with Gasteiger partial charge in [0.25, 0.3) is 0 Å². The minimum atomic E-state index is -0.900. The fourth-order valence-corrected chi connectivity index (χ4v) is 2.36. The Hall–Kier alpha value is -2.69. The lowest BCUT2D eigenvalue weighted by Gasteiger charge is -2.03. The van der Waals surface area contributed by atoms with Crippen LogP contribution in [0.25, 0.3) is 11.2 Å². The topological polar surface area (TPSA) is 68.0 Å². The molecule has 0 atom stereocenters. The Bertz CT molecular complexity index is 791. The maximum absolute atomic E-state index is 10.8. The molecule has 21 heavy (non-hydrogen) atoms. The number of carboxylic acids is 1. The van der Waals surface area contributed by atoms with Crippen LogP contribution < -0.4 is 0 Å². The van der Waals surface area contributed by atoms with Crippen molar-refractivity contribution in [3.8, 4) is 0 Å². The normalized spacial score (nSPS) is 10.9. The Morgan fingerprint density at radius 1 is 1.19 bits per heavy atom. The molecule has 0 amide bonds. The van der Waals surface area contributed by atoms with E-state index in [1.54, 1.807) is 18.3 Å². The molecule has 0 aliphatic carbocycles. The Kier molecular flexibility index (Phi) is 3.39. The number of carboxylic acid groups (broad SMARTS) is 1. The smallest absolute Gasteiger partial charge is 0.335 e. The number of hydrogen-bond acceptors (Lipinski definition) is 3. The molecular formula is C16H15N3O2. The van der Waals surface area contributed by atoms with Gasteiger partial charge in [-0.25, -0.2) is 14.8 Å². The van der Waals surface area contributed by atoms with E-state index in [1.807, 2.05) is 35.9 Å². The maximum atomic E-state index is 10.8. The molecule has 0 spiro atoms. The number of benzene rings is 1. The Labute approximate surface area is 121 Å². The van der Waals surface area contributed by atoms with E-state index < -0.39 is 5.97 Å². The van der Waals surface area contributed by atoms with Crippen molar-refractivity contribution in [1.29, 1.82) is 0 Å². The van der Waals surface area contributed by atoms with E-state index in [-0.39, 0.29) is 0 Å². The lowest BCUT2D eigenvalue weighted by atomic mass is 10.1. The molecule has 0 aliphatic rings. The fraction of sp³-hybridized carbons (Fsp3) is 0.188. The zero-order valence-corrected chi connectivity index (χ0v) is 11.7. The fourth-order valence-electron chi connectivity index (χ4n) is 2.36. The van der Waals surface area contributed by atoms with E-state index in [4.69, 9.17) is 5.11 Å². The first-order valence-electron chi connectivity index (χ1n) is 6.73. The molecule has 1 N–H and O–H groups in total. The van der Waals surface area contributed by atoms with E-state index in [9.17, 15) is 4.79 Å². The van der Waals surface area contributed by atoms with E-state index in [0.717, 1.165) is 35.4 Å². The monoisotopic (exact) mass is 281 g/mol. The molecular weight excluding hydrogens is 266 g/mol. The average molecular weight is 281 g/mol. The molecule has 0 bridgehead atoms. The quantitative estimate of drug-likeness (QED) is 0.797. The van der Waals surface area contributed by atoms with Crippen molar-refractivity contribution >= 4 is 17.1 Å². The van der Waals surface area contributed by atoms with Crippen molar-refractivity contribution in [2.45, 2.75) is 12.8 Å². The number of aromatic carboxylic acids is 1. The molecule has 0 saturated heterocycles. The molecule has 0 radical (unpaired) electrons. The van der Waals surface area contributed by atoms with E-state index in [2.05, 4.69) is 9.97 Å². The largest absolute Gasteiger partial charge is 0.478 e. The molecule has 0 fully saturated rings. The molecule has 0 aliphatic heterocycles. The molecule has 0 unspecified atom stereocenters. The molecule has 106 valence electrons. The van der Waals surface area contributed by atoms with Crippen LogP contribution >= 0.6 is 0 Å². The third-order valence-corrected chi connectivity index (χ3v) is 3.56. The first kappa shape index (κ1) is 13.3. The number of aromatic nitrogens is 3. The SMILES string of the molecule is Cn1c(CCc2ccc(C(=O)O)cc2)nc2cccnc21. The zero-order chi connectivity index (χ0) is 14.8. The predicted molar refractivity (Wildman–Crippen MR) is 79.3 cm³/mol. The van der Waals surface area contributed by atoms with Crippen molar-refractivity contribution < 1.29 is 9.90 Å². The van der Waals surface area contributed by atoms with Gasteiger partial charge in [-0.1, -0.05) is 12.1 Å². The van der Waals surface area contributed by atoms with Gasteiger partial charge in [-0.05, 0) is 36.2 Å². The van der Waals surface area contributed by atoms with Gasteiger partial charge in [-0.3, -0.25) is 0 Å². The van der Waals surface area contributed by atoms with Crippen LogP contribution in [0, 0.1) is 0 Å². The standard InChI is InChI=1S/C16H15N3O2/c1-19-14(18-13-3-2-10-17-15(13)19)9-6-11-4-7-12(8-5-11)16(20)21/h2-5,7-8,10H,6,9H2,1H3,(H,20,21). The second kappa shape index (κ2) is 5.36. The third kappa shape index (κ3) is 2.63. The lowest BCUT2D eigenvalue weighted by molar-refractivity contribution is 0.0697. The lowest BCUT2D eigenvalue weighted by Crippen LogP contribution is -2.01. The van der Waals surface area contributed by atoms with Gasteiger partial charge < -0.3 is 9.67 Å². The first-order chi connectivity index (χ1) is 10.1. The molecule has 2 aromatic heterocycles. The Morgan fingerprint density at radius 3 is 2.62 bits per heavy atom. The number of carbonyl (C=O) groups is 1. The van der Waals surface area contributed by atoms with Crippen LogP contribution in [0.2, 0.25) is 0 Å². The van der Waals surface area contributed by atoms with Gasteiger partial charge >= 0.3 is 5.97 Å². The molecule has 3 aromatic rings. The van der Waals surface area contributed by atoms with E-state index >= 15 is 0 Å². The summed E-state index contributed by atoms with van der Waals surface area (Å²) in [5, 5.41) is 8.88. The van der Waals surface area contributed by atoms with Crippen LogP contribution in [0.15, 0.2) is 42.6 Å². The summed E-state index contributed by atoms with van der Waals surface area (Å²) < 4.78 is 2.00. The Morgan fingerprint density at radius 2 is 1.95 bits per heavy atom. The van der Waals surface area contributed by atoms with E-state index in [1.165, 1.54) is 0 Å². The number of imidazole rings is 1. The highest BCUT2D eigenvalue weighted by Gasteiger charge is 2.08. The molecule has 5 nitrogen and oxygen atoms in total. The Balaban J connectivity index is 1.77. The number of rotatable bonds is 4. The third-order valence-electron chi connectivity index (χ3n) is 3.56. The van der Waals surface area contributed by atoms with Gasteiger partial charge in [0.1, 0.15) is 11.3 Å².